The predicted molar refractivity (Wildman–Crippen MR) is 181 cm³/mol. The van der Waals surface area contributed by atoms with Gasteiger partial charge in [0, 0.05) is 0 Å². The number of hydrogen-bond donors (Lipinski definition) is 2. The number of carbonyl (C=O) groups excluding carboxylic acids is 4. The minimum Gasteiger partial charge on any atom is -0.494 e. The van der Waals surface area contributed by atoms with Crippen LogP contribution in [0.15, 0.2) is 48.5 Å². The SMILES string of the molecule is CCCCCCCCOc1ccc([C@@H]2[C@@H]3C(=O)NC(=O)[C@@H]3N3[C@H](c4ccc(OCCCCCCCC)cc4)[C@H]4C(=O)NC(=O)[C@H]4N23)cc1. The first-order chi connectivity index (χ1) is 23.4. The maximum atomic E-state index is 13.4. The van der Waals surface area contributed by atoms with Crippen molar-refractivity contribution >= 4 is 23.6 Å². The van der Waals surface area contributed by atoms with Crippen molar-refractivity contribution in [3.8, 4) is 11.5 Å². The van der Waals surface area contributed by atoms with Gasteiger partial charge in [-0.05, 0) is 48.2 Å². The van der Waals surface area contributed by atoms with E-state index in [2.05, 4.69) is 24.5 Å². The Morgan fingerprint density at radius 2 is 0.833 bits per heavy atom. The molecule has 4 aliphatic heterocycles. The maximum Gasteiger partial charge on any atom is 0.246 e. The Morgan fingerprint density at radius 3 is 1.21 bits per heavy atom. The molecule has 4 aliphatic rings. The fraction of sp³-hybridized carbons (Fsp3) is 0.579. The summed E-state index contributed by atoms with van der Waals surface area (Å²) in [6.07, 6.45) is 14.2. The van der Waals surface area contributed by atoms with Crippen LogP contribution < -0.4 is 20.1 Å². The van der Waals surface area contributed by atoms with Gasteiger partial charge in [-0.2, -0.15) is 0 Å². The molecule has 6 atom stereocenters. The Hall–Kier alpha value is -3.76. The van der Waals surface area contributed by atoms with Gasteiger partial charge in [0.2, 0.25) is 23.6 Å². The van der Waals surface area contributed by atoms with Crippen LogP contribution in [0, 0.1) is 11.8 Å². The lowest BCUT2D eigenvalue weighted by Gasteiger charge is -2.33. The number of carbonyl (C=O) groups is 4. The van der Waals surface area contributed by atoms with Crippen molar-refractivity contribution in [3.63, 3.8) is 0 Å². The summed E-state index contributed by atoms with van der Waals surface area (Å²) in [5, 5.41) is 8.75. The van der Waals surface area contributed by atoms with Crippen LogP contribution in [-0.2, 0) is 19.2 Å². The van der Waals surface area contributed by atoms with Gasteiger partial charge in [-0.25, -0.2) is 10.0 Å². The average molecular weight is 659 g/mol. The van der Waals surface area contributed by atoms with E-state index >= 15 is 0 Å². The van der Waals surface area contributed by atoms with Gasteiger partial charge in [0.1, 0.15) is 23.6 Å². The number of imide groups is 2. The molecule has 258 valence electrons. The van der Waals surface area contributed by atoms with Gasteiger partial charge in [0.25, 0.3) is 0 Å². The number of unbranched alkanes of at least 4 members (excludes halogenated alkanes) is 10. The third-order valence-electron chi connectivity index (χ3n) is 10.4. The molecule has 4 heterocycles. The number of rotatable bonds is 18. The molecule has 2 N–H and O–H groups in total. The summed E-state index contributed by atoms with van der Waals surface area (Å²) in [5.74, 6) is -1.57. The summed E-state index contributed by atoms with van der Waals surface area (Å²) >= 11 is 0. The quantitative estimate of drug-likeness (QED) is 0.153. The molecule has 2 aromatic rings. The molecule has 10 heteroatoms. The maximum absolute atomic E-state index is 13.4. The Bertz CT molecular complexity index is 1340. The van der Waals surface area contributed by atoms with E-state index < -0.39 is 47.8 Å². The molecule has 0 spiro atoms. The largest absolute Gasteiger partial charge is 0.494 e. The first-order valence-corrected chi connectivity index (χ1v) is 18.2. The molecular weight excluding hydrogens is 608 g/mol. The van der Waals surface area contributed by atoms with Crippen LogP contribution in [0.5, 0.6) is 11.5 Å². The molecule has 4 fully saturated rings. The van der Waals surface area contributed by atoms with E-state index in [0.717, 1.165) is 48.3 Å². The van der Waals surface area contributed by atoms with Crippen molar-refractivity contribution in [2.75, 3.05) is 13.2 Å². The van der Waals surface area contributed by atoms with Gasteiger partial charge in [0.05, 0.1) is 37.1 Å². The normalized spacial score (nSPS) is 26.4. The van der Waals surface area contributed by atoms with E-state index in [0.29, 0.717) is 13.2 Å². The van der Waals surface area contributed by atoms with Gasteiger partial charge >= 0.3 is 0 Å². The van der Waals surface area contributed by atoms with Crippen molar-refractivity contribution in [2.45, 2.75) is 115 Å². The number of fused-ring (bicyclic) bond motifs is 5. The van der Waals surface area contributed by atoms with E-state index in [-0.39, 0.29) is 11.8 Å². The van der Waals surface area contributed by atoms with Crippen molar-refractivity contribution in [3.05, 3.63) is 59.7 Å². The van der Waals surface area contributed by atoms with Crippen LogP contribution in [0.1, 0.15) is 114 Å². The topological polar surface area (TPSA) is 117 Å². The van der Waals surface area contributed by atoms with Crippen LogP contribution in [0.3, 0.4) is 0 Å². The van der Waals surface area contributed by atoms with Gasteiger partial charge in [-0.15, -0.1) is 0 Å². The fourth-order valence-electron chi connectivity index (χ4n) is 8.01. The van der Waals surface area contributed by atoms with Crippen LogP contribution in [0.2, 0.25) is 0 Å². The summed E-state index contributed by atoms with van der Waals surface area (Å²) in [5.41, 5.74) is 1.57. The Morgan fingerprint density at radius 1 is 0.479 bits per heavy atom. The number of benzene rings is 2. The Labute approximate surface area is 283 Å². The second-order valence-electron chi connectivity index (χ2n) is 13.7. The summed E-state index contributed by atoms with van der Waals surface area (Å²) in [6, 6.07) is 12.3. The lowest BCUT2D eigenvalue weighted by Crippen LogP contribution is -2.48. The highest BCUT2D eigenvalue weighted by molar-refractivity contribution is 6.10. The molecule has 0 aliphatic carbocycles. The molecule has 0 unspecified atom stereocenters. The van der Waals surface area contributed by atoms with E-state index in [1.807, 2.05) is 58.5 Å². The number of hydrogen-bond acceptors (Lipinski definition) is 8. The van der Waals surface area contributed by atoms with Crippen molar-refractivity contribution in [1.82, 2.24) is 20.7 Å². The summed E-state index contributed by atoms with van der Waals surface area (Å²) < 4.78 is 12.0. The molecule has 0 radical (unpaired) electrons. The van der Waals surface area contributed by atoms with E-state index in [9.17, 15) is 19.2 Å². The smallest absolute Gasteiger partial charge is 0.246 e. The molecule has 48 heavy (non-hydrogen) atoms. The molecule has 4 saturated heterocycles. The molecule has 0 aromatic heterocycles. The zero-order valence-corrected chi connectivity index (χ0v) is 28.3. The predicted octanol–water partition coefficient (Wildman–Crippen LogP) is 5.78. The summed E-state index contributed by atoms with van der Waals surface area (Å²) in [4.78, 5) is 53.5. The number of amides is 4. The molecule has 2 aromatic carbocycles. The summed E-state index contributed by atoms with van der Waals surface area (Å²) in [6.45, 7) is 5.68. The van der Waals surface area contributed by atoms with Crippen molar-refractivity contribution in [2.24, 2.45) is 11.8 Å². The Balaban J connectivity index is 1.20. The van der Waals surface area contributed by atoms with E-state index in [1.54, 1.807) is 0 Å². The molecular formula is C38H50N4O6. The lowest BCUT2D eigenvalue weighted by molar-refractivity contribution is -0.139. The minimum atomic E-state index is -0.842. The van der Waals surface area contributed by atoms with Crippen molar-refractivity contribution in [1.29, 1.82) is 0 Å². The van der Waals surface area contributed by atoms with Gasteiger partial charge in [-0.1, -0.05) is 102 Å². The third kappa shape index (κ3) is 6.87. The molecule has 0 bridgehead atoms. The third-order valence-corrected chi connectivity index (χ3v) is 10.4. The molecule has 6 rings (SSSR count). The van der Waals surface area contributed by atoms with Crippen molar-refractivity contribution < 1.29 is 28.7 Å². The zero-order valence-electron chi connectivity index (χ0n) is 28.3. The lowest BCUT2D eigenvalue weighted by atomic mass is 9.84. The second kappa shape index (κ2) is 15.6. The standard InChI is InChI=1S/C38H50N4O6/c1-3-5-7-9-11-13-23-47-27-19-15-25(16-20-27)31-29-33(37(45)39-35(29)43)42-32(30-34(41(31)42)38(46)40-36(30)44)26-17-21-28(22-18-26)48-24-14-12-10-8-6-4-2/h15-22,29-34H,3-14,23-24H2,1-2H3,(H,39,43,45)(H,40,44,46)/t29-,30+,31-,32-,33+,34-/m1/s1. The average Bonchev–Trinajstić information content (AvgIpc) is 3.78. The monoisotopic (exact) mass is 658 g/mol. The second-order valence-corrected chi connectivity index (χ2v) is 13.7. The highest BCUT2D eigenvalue weighted by atomic mass is 16.5. The van der Waals surface area contributed by atoms with Crippen LogP contribution >= 0.6 is 0 Å². The number of nitrogens with zero attached hydrogens (tertiary/aromatic N) is 2. The fourth-order valence-corrected chi connectivity index (χ4v) is 8.01. The van der Waals surface area contributed by atoms with E-state index in [4.69, 9.17) is 9.47 Å². The number of hydrazine groups is 1. The molecule has 10 nitrogen and oxygen atoms in total. The Kier molecular flexibility index (Phi) is 11.1. The van der Waals surface area contributed by atoms with Gasteiger partial charge in [-0.3, -0.25) is 29.8 Å². The first kappa shape index (κ1) is 34.1. The zero-order chi connectivity index (χ0) is 33.6. The van der Waals surface area contributed by atoms with Crippen LogP contribution in [-0.4, -0.2) is 58.9 Å². The molecule has 0 saturated carbocycles. The summed E-state index contributed by atoms with van der Waals surface area (Å²) in [7, 11) is 0. The van der Waals surface area contributed by atoms with Crippen LogP contribution in [0.25, 0.3) is 0 Å². The van der Waals surface area contributed by atoms with Gasteiger partial charge in [0.15, 0.2) is 0 Å². The van der Waals surface area contributed by atoms with E-state index in [1.165, 1.54) is 51.4 Å². The number of nitrogens with one attached hydrogen (secondary N) is 2. The van der Waals surface area contributed by atoms with Gasteiger partial charge < -0.3 is 9.47 Å². The first-order valence-electron chi connectivity index (χ1n) is 18.2. The minimum absolute atomic E-state index is 0.369. The highest BCUT2D eigenvalue weighted by Gasteiger charge is 2.71. The number of ether oxygens (including phenoxy) is 2. The highest BCUT2D eigenvalue weighted by Crippen LogP contribution is 2.57. The molecule has 4 amide bonds. The van der Waals surface area contributed by atoms with Crippen LogP contribution in [0.4, 0.5) is 0 Å².